The third-order valence-electron chi connectivity index (χ3n) is 13.1. The molecule has 0 saturated carbocycles. The van der Waals surface area contributed by atoms with Gasteiger partial charge in [0.05, 0.1) is 65.6 Å². The summed E-state index contributed by atoms with van der Waals surface area (Å²) in [6.45, 7) is 16.4. The van der Waals surface area contributed by atoms with Crippen molar-refractivity contribution in [3.05, 3.63) is 84.0 Å². The van der Waals surface area contributed by atoms with Gasteiger partial charge in [0.15, 0.2) is 0 Å². The van der Waals surface area contributed by atoms with Gasteiger partial charge in [-0.25, -0.2) is 0 Å². The number of allylic oxidation sites excluding steroid dienone is 8. The number of aliphatic hydroxyl groups excluding tert-OH is 1. The normalized spacial score (nSPS) is 41.9. The number of benzene rings is 1. The summed E-state index contributed by atoms with van der Waals surface area (Å²) in [5.74, 6) is 0.564. The molecule has 5 aliphatic heterocycles. The lowest BCUT2D eigenvalue weighted by Gasteiger charge is -2.49. The summed E-state index contributed by atoms with van der Waals surface area (Å²) in [4.78, 5) is 0. The van der Waals surface area contributed by atoms with Crippen molar-refractivity contribution in [2.45, 2.75) is 184 Å². The summed E-state index contributed by atoms with van der Waals surface area (Å²) in [5.41, 5.74) is 1.24. The molecule has 0 aliphatic carbocycles. The number of fused-ring (bicyclic) bond motifs is 4. The van der Waals surface area contributed by atoms with Crippen LogP contribution in [0.5, 0.6) is 5.75 Å². The Morgan fingerprint density at radius 3 is 2.41 bits per heavy atom. The van der Waals surface area contributed by atoms with Crippen LogP contribution in [0.1, 0.15) is 118 Å². The predicted molar refractivity (Wildman–Crippen MR) is 213 cm³/mol. The molecule has 0 bridgehead atoms. The Bertz CT molecular complexity index is 1560. The van der Waals surface area contributed by atoms with E-state index < -0.39 is 29.0 Å². The van der Waals surface area contributed by atoms with Gasteiger partial charge in [-0.3, -0.25) is 0 Å². The average molecular weight is 747 g/mol. The second-order valence-electron chi connectivity index (χ2n) is 17.5. The lowest BCUT2D eigenvalue weighted by atomic mass is 9.79. The van der Waals surface area contributed by atoms with Crippen LogP contribution in [0.4, 0.5) is 0 Å². The molecule has 0 amide bonds. The Labute approximate surface area is 324 Å². The van der Waals surface area contributed by atoms with Gasteiger partial charge in [0.1, 0.15) is 11.9 Å². The highest BCUT2D eigenvalue weighted by atomic mass is 16.6. The monoisotopic (exact) mass is 746 g/mol. The summed E-state index contributed by atoms with van der Waals surface area (Å²) in [6.07, 6.45) is 19.9. The quantitative estimate of drug-likeness (QED) is 0.204. The zero-order valence-electron chi connectivity index (χ0n) is 33.5. The Morgan fingerprint density at radius 2 is 1.63 bits per heavy atom. The fourth-order valence-electron chi connectivity index (χ4n) is 9.46. The van der Waals surface area contributed by atoms with Crippen LogP contribution in [0, 0.1) is 5.92 Å². The minimum atomic E-state index is -0.929. The smallest absolute Gasteiger partial charge is 0.116 e. The molecule has 6 rings (SSSR count). The Hall–Kier alpha value is -2.56. The molecule has 0 radical (unpaired) electrons. The Kier molecular flexibility index (Phi) is 13.2. The molecule has 13 unspecified atom stereocenters. The molecule has 8 heteroatoms. The molecule has 5 heterocycles. The highest BCUT2D eigenvalue weighted by molar-refractivity contribution is 5.53. The van der Waals surface area contributed by atoms with E-state index in [1.54, 1.807) is 18.2 Å². The van der Waals surface area contributed by atoms with Gasteiger partial charge < -0.3 is 39.0 Å². The number of aliphatic hydroxyl groups is 2. The summed E-state index contributed by atoms with van der Waals surface area (Å²) in [6, 6.07) is 7.23. The van der Waals surface area contributed by atoms with Crippen LogP contribution in [0.2, 0.25) is 0 Å². The number of phenolic OH excluding ortho intramolecular Hbond substituents is 1. The molecule has 3 N–H and O–H groups in total. The van der Waals surface area contributed by atoms with Crippen molar-refractivity contribution in [2.24, 2.45) is 5.92 Å². The lowest BCUT2D eigenvalue weighted by Crippen LogP contribution is -2.59. The molecule has 1 aromatic rings. The molecule has 0 aromatic heterocycles. The van der Waals surface area contributed by atoms with Crippen molar-refractivity contribution >= 4 is 6.08 Å². The Morgan fingerprint density at radius 1 is 0.889 bits per heavy atom. The maximum absolute atomic E-state index is 11.8. The third kappa shape index (κ3) is 9.51. The van der Waals surface area contributed by atoms with E-state index >= 15 is 0 Å². The fourth-order valence-corrected chi connectivity index (χ4v) is 9.46. The van der Waals surface area contributed by atoms with Crippen molar-refractivity contribution in [2.75, 3.05) is 0 Å². The van der Waals surface area contributed by atoms with Gasteiger partial charge >= 0.3 is 0 Å². The molecular weight excluding hydrogens is 680 g/mol. The van der Waals surface area contributed by atoms with Crippen LogP contribution < -0.4 is 0 Å². The van der Waals surface area contributed by atoms with Gasteiger partial charge in [0.25, 0.3) is 0 Å². The van der Waals surface area contributed by atoms with Crippen LogP contribution in [-0.4, -0.2) is 87.1 Å². The van der Waals surface area contributed by atoms with Crippen molar-refractivity contribution in [1.82, 2.24) is 0 Å². The number of aromatic hydroxyl groups is 1. The predicted octanol–water partition coefficient (Wildman–Crippen LogP) is 8.70. The van der Waals surface area contributed by atoms with Crippen LogP contribution in [0.15, 0.2) is 78.4 Å². The van der Waals surface area contributed by atoms with E-state index in [0.717, 1.165) is 56.9 Å². The molecular formula is C46H66O8. The molecule has 0 spiro atoms. The standard InChI is InChI=1S/C46H66O8/c1-8-9-10-11-21-40-44(5,49)24-22-37-38(50-40)23-25-45(6)42(51-37)28-39-43(54-45)35(48)29-46(7)41(52-39)26-32(4)36(53-46)20-13-16-31(3)30(2)15-12-17-33-18-14-19-34(47)27-33/h8-10,12,14-19,27,32,35-43,47-49H,1,11,13,20-26,28-29H2,2-7H3/b10-9-,17-12-,30-15+,31-16+. The SMILES string of the molecule is C=C/C=C\CCC1OC2CCC3(C)OC4C(O)CC5(C)OC(CC/C=C(C)/C(C)=C/C=C\c6cccc(O)c6)C(C)CC5OC4CC3OC2CCC1(C)O. The Balaban J connectivity index is 1.07. The van der Waals surface area contributed by atoms with Crippen LogP contribution >= 0.6 is 0 Å². The maximum Gasteiger partial charge on any atom is 0.116 e. The van der Waals surface area contributed by atoms with Gasteiger partial charge in [-0.2, -0.15) is 0 Å². The topological polar surface area (TPSA) is 107 Å². The zero-order valence-corrected chi connectivity index (χ0v) is 33.5. The molecule has 8 nitrogen and oxygen atoms in total. The van der Waals surface area contributed by atoms with Gasteiger partial charge in [-0.1, -0.05) is 73.7 Å². The molecule has 298 valence electrons. The lowest BCUT2D eigenvalue weighted by molar-refractivity contribution is -0.273. The molecule has 54 heavy (non-hydrogen) atoms. The number of hydrogen-bond donors (Lipinski definition) is 3. The molecule has 1 aromatic carbocycles. The maximum atomic E-state index is 11.8. The average Bonchev–Trinajstić information content (AvgIpc) is 3.38. The van der Waals surface area contributed by atoms with E-state index in [9.17, 15) is 15.3 Å². The first-order valence-electron chi connectivity index (χ1n) is 20.5. The zero-order chi connectivity index (χ0) is 38.7. The second kappa shape index (κ2) is 17.3. The van der Waals surface area contributed by atoms with Gasteiger partial charge in [0.2, 0.25) is 0 Å². The second-order valence-corrected chi connectivity index (χ2v) is 17.5. The van der Waals surface area contributed by atoms with E-state index in [2.05, 4.69) is 59.4 Å². The van der Waals surface area contributed by atoms with Crippen LogP contribution in [-0.2, 0) is 23.7 Å². The molecule has 5 aliphatic rings. The molecule has 13 atom stereocenters. The van der Waals surface area contributed by atoms with Crippen LogP contribution in [0.25, 0.3) is 6.08 Å². The number of rotatable bonds is 10. The fraction of sp³-hybridized carbons (Fsp3) is 0.652. The van der Waals surface area contributed by atoms with Crippen molar-refractivity contribution in [3.8, 4) is 5.75 Å². The van der Waals surface area contributed by atoms with E-state index in [4.69, 9.17) is 23.7 Å². The number of ether oxygens (including phenoxy) is 5. The first-order valence-corrected chi connectivity index (χ1v) is 20.5. The minimum Gasteiger partial charge on any atom is -0.508 e. The number of phenols is 1. The highest BCUT2D eigenvalue weighted by Crippen LogP contribution is 2.49. The van der Waals surface area contributed by atoms with Gasteiger partial charge in [-0.15, -0.1) is 0 Å². The summed E-state index contributed by atoms with van der Waals surface area (Å²) in [7, 11) is 0. The summed E-state index contributed by atoms with van der Waals surface area (Å²) >= 11 is 0. The third-order valence-corrected chi connectivity index (χ3v) is 13.1. The minimum absolute atomic E-state index is 0.0558. The first-order chi connectivity index (χ1) is 25.7. The van der Waals surface area contributed by atoms with E-state index in [1.165, 1.54) is 11.1 Å². The summed E-state index contributed by atoms with van der Waals surface area (Å²) in [5, 5.41) is 32.9. The van der Waals surface area contributed by atoms with Gasteiger partial charge in [-0.05, 0) is 122 Å². The molecule has 5 saturated heterocycles. The first kappa shape index (κ1) is 41.1. The summed E-state index contributed by atoms with van der Waals surface area (Å²) < 4.78 is 34.4. The number of hydrogen-bond acceptors (Lipinski definition) is 8. The highest BCUT2D eigenvalue weighted by Gasteiger charge is 2.58. The van der Waals surface area contributed by atoms with Crippen molar-refractivity contribution < 1.29 is 39.0 Å². The van der Waals surface area contributed by atoms with Gasteiger partial charge in [0, 0.05) is 12.8 Å². The van der Waals surface area contributed by atoms with Crippen molar-refractivity contribution in [3.63, 3.8) is 0 Å². The van der Waals surface area contributed by atoms with E-state index in [1.807, 2.05) is 37.3 Å². The van der Waals surface area contributed by atoms with E-state index in [-0.39, 0.29) is 48.5 Å². The van der Waals surface area contributed by atoms with E-state index in [0.29, 0.717) is 25.2 Å². The van der Waals surface area contributed by atoms with Crippen LogP contribution in [0.3, 0.4) is 0 Å². The molecule has 5 fully saturated rings. The largest absolute Gasteiger partial charge is 0.508 e. The van der Waals surface area contributed by atoms with Crippen molar-refractivity contribution in [1.29, 1.82) is 0 Å².